The molecule has 0 aliphatic rings. The van der Waals surface area contributed by atoms with Crippen molar-refractivity contribution in [3.05, 3.63) is 59.2 Å². The van der Waals surface area contributed by atoms with Crippen molar-refractivity contribution in [2.45, 2.75) is 25.2 Å². The van der Waals surface area contributed by atoms with Crippen molar-refractivity contribution in [3.63, 3.8) is 0 Å². The van der Waals surface area contributed by atoms with Crippen LogP contribution >= 0.6 is 0 Å². The van der Waals surface area contributed by atoms with Gasteiger partial charge in [-0.3, -0.25) is 9.52 Å². The smallest absolute Gasteiger partial charge is 0.337 e. The first kappa shape index (κ1) is 20.4. The number of hydrogen-bond donors (Lipinski definition) is 2. The van der Waals surface area contributed by atoms with Gasteiger partial charge in [-0.05, 0) is 43.2 Å². The summed E-state index contributed by atoms with van der Waals surface area (Å²) in [6.45, 7) is 4.03. The first-order valence-corrected chi connectivity index (χ1v) is 9.87. The summed E-state index contributed by atoms with van der Waals surface area (Å²) >= 11 is 0. The Kier molecular flexibility index (Phi) is 6.57. The summed E-state index contributed by atoms with van der Waals surface area (Å²) in [6.07, 6.45) is 0.763. The van der Waals surface area contributed by atoms with Gasteiger partial charge in [0.15, 0.2) is 0 Å². The topological polar surface area (TPSA) is 102 Å². The maximum atomic E-state index is 12.9. The van der Waals surface area contributed by atoms with Gasteiger partial charge in [0.1, 0.15) is 0 Å². The Morgan fingerprint density at radius 2 is 1.81 bits per heavy atom. The quantitative estimate of drug-likeness (QED) is 0.708. The van der Waals surface area contributed by atoms with Crippen molar-refractivity contribution in [2.24, 2.45) is 0 Å². The number of esters is 1. The monoisotopic (exact) mass is 390 g/mol. The van der Waals surface area contributed by atoms with Crippen LogP contribution in [0.1, 0.15) is 39.6 Å². The molecule has 0 bridgehead atoms. The van der Waals surface area contributed by atoms with Crippen LogP contribution in [-0.2, 0) is 14.8 Å². The number of amides is 1. The van der Waals surface area contributed by atoms with Crippen molar-refractivity contribution in [3.8, 4) is 0 Å². The highest BCUT2D eigenvalue weighted by Crippen LogP contribution is 2.23. The second kappa shape index (κ2) is 8.68. The van der Waals surface area contributed by atoms with E-state index >= 15 is 0 Å². The molecule has 0 heterocycles. The van der Waals surface area contributed by atoms with E-state index in [-0.39, 0.29) is 27.6 Å². The van der Waals surface area contributed by atoms with Gasteiger partial charge >= 0.3 is 5.97 Å². The Hall–Kier alpha value is -2.87. The fraction of sp³-hybridized carbons (Fsp3) is 0.263. The molecule has 2 aromatic carbocycles. The lowest BCUT2D eigenvalue weighted by atomic mass is 10.1. The molecule has 27 heavy (non-hydrogen) atoms. The standard InChI is InChI=1S/C19H22N2O5S/c1-4-11-20-18(22)15-7-5-6-8-16(15)21-27(24,25)17-12-14(19(23)26-3)10-9-13(17)2/h5-10,12,21H,4,11H2,1-3H3,(H,20,22). The zero-order chi connectivity index (χ0) is 20.0. The molecule has 0 unspecified atom stereocenters. The minimum Gasteiger partial charge on any atom is -0.465 e. The molecular weight excluding hydrogens is 368 g/mol. The van der Waals surface area contributed by atoms with E-state index in [4.69, 9.17) is 0 Å². The van der Waals surface area contributed by atoms with Gasteiger partial charge in [0.2, 0.25) is 0 Å². The maximum Gasteiger partial charge on any atom is 0.337 e. The summed E-state index contributed by atoms with van der Waals surface area (Å²) in [7, 11) is -2.80. The minimum absolute atomic E-state index is 0.0610. The SMILES string of the molecule is CCCNC(=O)c1ccccc1NS(=O)(=O)c1cc(C(=O)OC)ccc1C. The average molecular weight is 390 g/mol. The van der Waals surface area contributed by atoms with Crippen LogP contribution in [0.4, 0.5) is 5.69 Å². The van der Waals surface area contributed by atoms with Crippen LogP contribution in [0.2, 0.25) is 0 Å². The van der Waals surface area contributed by atoms with Crippen LogP contribution in [0.25, 0.3) is 0 Å². The molecule has 0 radical (unpaired) electrons. The molecule has 0 saturated heterocycles. The van der Waals surface area contributed by atoms with Gasteiger partial charge in [0, 0.05) is 6.54 Å². The molecule has 0 spiro atoms. The Labute approximate surface area is 158 Å². The zero-order valence-electron chi connectivity index (χ0n) is 15.4. The first-order valence-electron chi connectivity index (χ1n) is 8.39. The lowest BCUT2D eigenvalue weighted by Crippen LogP contribution is -2.26. The predicted octanol–water partition coefficient (Wildman–Crippen LogP) is 2.72. The van der Waals surface area contributed by atoms with Crippen LogP contribution in [0.3, 0.4) is 0 Å². The Morgan fingerprint density at radius 3 is 2.48 bits per heavy atom. The molecule has 8 heteroatoms. The van der Waals surface area contributed by atoms with Crippen LogP contribution in [0, 0.1) is 6.92 Å². The highest BCUT2D eigenvalue weighted by Gasteiger charge is 2.22. The summed E-state index contributed by atoms with van der Waals surface area (Å²) in [5.41, 5.74) is 0.964. The molecule has 0 atom stereocenters. The van der Waals surface area contributed by atoms with Crippen molar-refractivity contribution >= 4 is 27.6 Å². The van der Waals surface area contributed by atoms with Gasteiger partial charge in [-0.1, -0.05) is 25.1 Å². The maximum absolute atomic E-state index is 12.9. The fourth-order valence-electron chi connectivity index (χ4n) is 2.44. The molecule has 144 valence electrons. The summed E-state index contributed by atoms with van der Waals surface area (Å²) in [5, 5.41) is 2.72. The molecule has 7 nitrogen and oxygen atoms in total. The van der Waals surface area contributed by atoms with E-state index in [0.29, 0.717) is 12.1 Å². The number of sulfonamides is 1. The molecule has 0 saturated carbocycles. The third-order valence-corrected chi connectivity index (χ3v) is 5.36. The Morgan fingerprint density at radius 1 is 1.11 bits per heavy atom. The van der Waals surface area contributed by atoms with E-state index in [1.165, 1.54) is 31.4 Å². The number of aryl methyl sites for hydroxylation is 1. The Bertz CT molecular complexity index is 954. The molecule has 2 N–H and O–H groups in total. The minimum atomic E-state index is -4.02. The van der Waals surface area contributed by atoms with Gasteiger partial charge in [-0.15, -0.1) is 0 Å². The van der Waals surface area contributed by atoms with Crippen LogP contribution in [0.5, 0.6) is 0 Å². The highest BCUT2D eigenvalue weighted by molar-refractivity contribution is 7.92. The summed E-state index contributed by atoms with van der Waals surface area (Å²) in [6, 6.07) is 10.6. The lowest BCUT2D eigenvalue weighted by molar-refractivity contribution is 0.0600. The summed E-state index contributed by atoms with van der Waals surface area (Å²) in [4.78, 5) is 23.9. The van der Waals surface area contributed by atoms with E-state index in [2.05, 4.69) is 14.8 Å². The number of methoxy groups -OCH3 is 1. The number of rotatable bonds is 7. The number of carbonyl (C=O) groups excluding carboxylic acids is 2. The molecule has 0 aliphatic heterocycles. The third-order valence-electron chi connectivity index (χ3n) is 3.85. The number of anilines is 1. The molecule has 0 fully saturated rings. The van der Waals surface area contributed by atoms with E-state index in [1.807, 2.05) is 6.92 Å². The number of para-hydroxylation sites is 1. The molecule has 2 aromatic rings. The van der Waals surface area contributed by atoms with Gasteiger partial charge in [0.05, 0.1) is 28.8 Å². The summed E-state index contributed by atoms with van der Waals surface area (Å²) in [5.74, 6) is -0.999. The lowest BCUT2D eigenvalue weighted by Gasteiger charge is -2.14. The van der Waals surface area contributed by atoms with Crippen molar-refractivity contribution < 1.29 is 22.7 Å². The molecule has 0 aromatic heterocycles. The molecule has 0 aliphatic carbocycles. The van der Waals surface area contributed by atoms with E-state index in [0.717, 1.165) is 6.42 Å². The molecular formula is C19H22N2O5S. The number of benzene rings is 2. The van der Waals surface area contributed by atoms with Gasteiger partial charge < -0.3 is 10.1 Å². The summed E-state index contributed by atoms with van der Waals surface area (Å²) < 4.78 is 32.8. The van der Waals surface area contributed by atoms with Crippen LogP contribution in [-0.4, -0.2) is 33.9 Å². The van der Waals surface area contributed by atoms with E-state index in [9.17, 15) is 18.0 Å². The second-order valence-electron chi connectivity index (χ2n) is 5.88. The number of hydrogen-bond acceptors (Lipinski definition) is 5. The van der Waals surface area contributed by atoms with Crippen molar-refractivity contribution in [1.29, 1.82) is 0 Å². The average Bonchev–Trinajstić information content (AvgIpc) is 2.65. The zero-order valence-corrected chi connectivity index (χ0v) is 16.2. The largest absolute Gasteiger partial charge is 0.465 e. The second-order valence-corrected chi connectivity index (χ2v) is 7.53. The molecule has 2 rings (SSSR count). The Balaban J connectivity index is 2.41. The third kappa shape index (κ3) is 4.85. The fourth-order valence-corrected chi connectivity index (χ4v) is 3.79. The van der Waals surface area contributed by atoms with E-state index in [1.54, 1.807) is 25.1 Å². The normalized spacial score (nSPS) is 10.9. The van der Waals surface area contributed by atoms with Crippen molar-refractivity contribution in [2.75, 3.05) is 18.4 Å². The first-order chi connectivity index (χ1) is 12.8. The predicted molar refractivity (Wildman–Crippen MR) is 102 cm³/mol. The van der Waals surface area contributed by atoms with Crippen molar-refractivity contribution in [1.82, 2.24) is 5.32 Å². The van der Waals surface area contributed by atoms with E-state index < -0.39 is 16.0 Å². The molecule has 1 amide bonds. The van der Waals surface area contributed by atoms with Crippen LogP contribution < -0.4 is 10.0 Å². The van der Waals surface area contributed by atoms with Gasteiger partial charge in [-0.2, -0.15) is 0 Å². The highest BCUT2D eigenvalue weighted by atomic mass is 32.2. The number of carbonyl (C=O) groups is 2. The number of ether oxygens (including phenoxy) is 1. The van der Waals surface area contributed by atoms with Crippen LogP contribution in [0.15, 0.2) is 47.4 Å². The number of nitrogens with one attached hydrogen (secondary N) is 2. The van der Waals surface area contributed by atoms with Gasteiger partial charge in [-0.25, -0.2) is 13.2 Å². The van der Waals surface area contributed by atoms with Gasteiger partial charge in [0.25, 0.3) is 15.9 Å².